The smallest absolute Gasteiger partial charge is 0.224 e. The number of aryl methyl sites for hydroxylation is 1. The molecule has 1 saturated heterocycles. The second-order valence-electron chi connectivity index (χ2n) is 5.77. The van der Waals surface area contributed by atoms with Crippen molar-refractivity contribution < 1.29 is 4.74 Å². The maximum atomic E-state index is 5.05. The molecule has 7 nitrogen and oxygen atoms in total. The summed E-state index contributed by atoms with van der Waals surface area (Å²) < 4.78 is 5.05. The summed E-state index contributed by atoms with van der Waals surface area (Å²) in [5.74, 6) is 2.68. The monoisotopic (exact) mass is 328 g/mol. The zero-order chi connectivity index (χ0) is 16.8. The van der Waals surface area contributed by atoms with Crippen LogP contribution in [0.15, 0.2) is 30.5 Å². The standard InChI is InChI=1S/C17H24N6O/c1-14-13-16(21-17(20-14)19-7-12-24-2)23-10-8-22(9-11-23)15-5-3-4-6-18-15/h3-6,13H,7-12H2,1-2H3,(H,19,20,21). The lowest BCUT2D eigenvalue weighted by molar-refractivity contribution is 0.210. The first-order chi connectivity index (χ1) is 11.8. The van der Waals surface area contributed by atoms with Crippen molar-refractivity contribution in [3.05, 3.63) is 36.2 Å². The maximum absolute atomic E-state index is 5.05. The summed E-state index contributed by atoms with van der Waals surface area (Å²) in [4.78, 5) is 18.1. The molecule has 0 radical (unpaired) electrons. The Kier molecular flexibility index (Phi) is 5.43. The first kappa shape index (κ1) is 16.4. The number of piperazine rings is 1. The van der Waals surface area contributed by atoms with Crippen LogP contribution in [-0.4, -0.2) is 61.4 Å². The normalized spacial score (nSPS) is 14.8. The second-order valence-corrected chi connectivity index (χ2v) is 5.77. The summed E-state index contributed by atoms with van der Waals surface area (Å²) in [6.07, 6.45) is 1.84. The molecule has 0 bridgehead atoms. The van der Waals surface area contributed by atoms with Crippen molar-refractivity contribution in [2.45, 2.75) is 6.92 Å². The molecule has 128 valence electrons. The van der Waals surface area contributed by atoms with Crippen molar-refractivity contribution in [2.24, 2.45) is 0 Å². The van der Waals surface area contributed by atoms with E-state index in [9.17, 15) is 0 Å². The molecule has 0 atom stereocenters. The van der Waals surface area contributed by atoms with E-state index < -0.39 is 0 Å². The first-order valence-electron chi connectivity index (χ1n) is 8.25. The average molecular weight is 328 g/mol. The van der Waals surface area contributed by atoms with E-state index in [-0.39, 0.29) is 0 Å². The van der Waals surface area contributed by atoms with Crippen molar-refractivity contribution >= 4 is 17.6 Å². The fourth-order valence-corrected chi connectivity index (χ4v) is 2.76. The van der Waals surface area contributed by atoms with Crippen molar-refractivity contribution in [2.75, 3.05) is 61.6 Å². The summed E-state index contributed by atoms with van der Waals surface area (Å²) >= 11 is 0. The van der Waals surface area contributed by atoms with E-state index in [1.54, 1.807) is 7.11 Å². The molecule has 0 unspecified atom stereocenters. The SMILES string of the molecule is COCCNc1nc(C)cc(N2CCN(c3ccccn3)CC2)n1. The van der Waals surface area contributed by atoms with Gasteiger partial charge in [0.25, 0.3) is 0 Å². The van der Waals surface area contributed by atoms with E-state index >= 15 is 0 Å². The minimum absolute atomic E-state index is 0.634. The number of pyridine rings is 1. The Morgan fingerprint density at radius 1 is 1.08 bits per heavy atom. The minimum Gasteiger partial charge on any atom is -0.383 e. The van der Waals surface area contributed by atoms with Gasteiger partial charge in [0, 0.05) is 57.8 Å². The predicted molar refractivity (Wildman–Crippen MR) is 95.8 cm³/mol. The lowest BCUT2D eigenvalue weighted by Gasteiger charge is -2.36. The van der Waals surface area contributed by atoms with Crippen molar-refractivity contribution in [3.8, 4) is 0 Å². The van der Waals surface area contributed by atoms with Gasteiger partial charge in [-0.15, -0.1) is 0 Å². The first-order valence-corrected chi connectivity index (χ1v) is 8.25. The number of aromatic nitrogens is 3. The van der Waals surface area contributed by atoms with E-state index in [2.05, 4.69) is 36.1 Å². The third-order valence-corrected chi connectivity index (χ3v) is 4.01. The van der Waals surface area contributed by atoms with Crippen LogP contribution in [-0.2, 0) is 4.74 Å². The average Bonchev–Trinajstić information content (AvgIpc) is 2.62. The van der Waals surface area contributed by atoms with Gasteiger partial charge in [0.2, 0.25) is 5.95 Å². The molecule has 1 aliphatic rings. The highest BCUT2D eigenvalue weighted by Gasteiger charge is 2.19. The highest BCUT2D eigenvalue weighted by atomic mass is 16.5. The molecule has 0 saturated carbocycles. The molecule has 0 amide bonds. The Morgan fingerprint density at radius 2 is 1.83 bits per heavy atom. The van der Waals surface area contributed by atoms with Crippen LogP contribution in [0.5, 0.6) is 0 Å². The Labute approximate surface area is 142 Å². The van der Waals surface area contributed by atoms with E-state index in [4.69, 9.17) is 4.74 Å². The largest absolute Gasteiger partial charge is 0.383 e. The number of nitrogens with one attached hydrogen (secondary N) is 1. The molecular formula is C17H24N6O. The number of ether oxygens (including phenoxy) is 1. The van der Waals surface area contributed by atoms with Gasteiger partial charge in [0.05, 0.1) is 6.61 Å². The van der Waals surface area contributed by atoms with E-state index in [1.165, 1.54) is 0 Å². The Morgan fingerprint density at radius 3 is 2.50 bits per heavy atom. The van der Waals surface area contributed by atoms with E-state index in [0.29, 0.717) is 19.1 Å². The van der Waals surface area contributed by atoms with Crippen LogP contribution in [0.3, 0.4) is 0 Å². The van der Waals surface area contributed by atoms with Crippen LogP contribution < -0.4 is 15.1 Å². The molecule has 3 heterocycles. The molecule has 1 aliphatic heterocycles. The van der Waals surface area contributed by atoms with Crippen molar-refractivity contribution in [3.63, 3.8) is 0 Å². The molecule has 0 aliphatic carbocycles. The Hall–Kier alpha value is -2.41. The third-order valence-electron chi connectivity index (χ3n) is 4.01. The summed E-state index contributed by atoms with van der Waals surface area (Å²) in [6, 6.07) is 8.07. The fraction of sp³-hybridized carbons (Fsp3) is 0.471. The van der Waals surface area contributed by atoms with Crippen molar-refractivity contribution in [1.82, 2.24) is 15.0 Å². The van der Waals surface area contributed by atoms with Gasteiger partial charge in [-0.25, -0.2) is 9.97 Å². The second kappa shape index (κ2) is 7.92. The van der Waals surface area contributed by atoms with E-state index in [0.717, 1.165) is 43.5 Å². The lowest BCUT2D eigenvalue weighted by atomic mass is 10.3. The molecule has 2 aromatic heterocycles. The van der Waals surface area contributed by atoms with Gasteiger partial charge in [-0.1, -0.05) is 6.07 Å². The maximum Gasteiger partial charge on any atom is 0.224 e. The van der Waals surface area contributed by atoms with Crippen molar-refractivity contribution in [1.29, 1.82) is 0 Å². The van der Waals surface area contributed by atoms with Crippen LogP contribution in [0.4, 0.5) is 17.6 Å². The van der Waals surface area contributed by atoms with Gasteiger partial charge >= 0.3 is 0 Å². The lowest BCUT2D eigenvalue weighted by Crippen LogP contribution is -2.47. The highest BCUT2D eigenvalue weighted by Crippen LogP contribution is 2.19. The summed E-state index contributed by atoms with van der Waals surface area (Å²) in [6.45, 7) is 7.05. The highest BCUT2D eigenvalue weighted by molar-refractivity contribution is 5.48. The molecule has 1 N–H and O–H groups in total. The topological polar surface area (TPSA) is 66.4 Å². The zero-order valence-corrected chi connectivity index (χ0v) is 14.3. The number of rotatable bonds is 6. The number of hydrogen-bond acceptors (Lipinski definition) is 7. The molecular weight excluding hydrogens is 304 g/mol. The third kappa shape index (κ3) is 4.11. The molecule has 0 spiro atoms. The van der Waals surface area contributed by atoms with E-state index in [1.807, 2.05) is 31.3 Å². The predicted octanol–water partition coefficient (Wildman–Crippen LogP) is 1.56. The minimum atomic E-state index is 0.634. The molecule has 1 fully saturated rings. The summed E-state index contributed by atoms with van der Waals surface area (Å²) in [7, 11) is 1.69. The summed E-state index contributed by atoms with van der Waals surface area (Å²) in [5.41, 5.74) is 0.965. The number of hydrogen-bond donors (Lipinski definition) is 1. The van der Waals surface area contributed by atoms with Gasteiger partial charge in [0.1, 0.15) is 11.6 Å². The number of anilines is 3. The zero-order valence-electron chi connectivity index (χ0n) is 14.3. The molecule has 24 heavy (non-hydrogen) atoms. The fourth-order valence-electron chi connectivity index (χ4n) is 2.76. The van der Waals surface area contributed by atoms with Gasteiger partial charge in [-0.3, -0.25) is 0 Å². The molecule has 3 rings (SSSR count). The van der Waals surface area contributed by atoms with Gasteiger partial charge in [-0.2, -0.15) is 4.98 Å². The molecule has 0 aromatic carbocycles. The molecule has 2 aromatic rings. The quantitative estimate of drug-likeness (QED) is 0.807. The van der Waals surface area contributed by atoms with Crippen LogP contribution in [0.25, 0.3) is 0 Å². The summed E-state index contributed by atoms with van der Waals surface area (Å²) in [5, 5.41) is 3.21. The van der Waals surface area contributed by atoms with Gasteiger partial charge < -0.3 is 19.9 Å². The Balaban J connectivity index is 1.63. The van der Waals surface area contributed by atoms with Crippen LogP contribution in [0, 0.1) is 6.92 Å². The van der Waals surface area contributed by atoms with Gasteiger partial charge in [0.15, 0.2) is 0 Å². The Bertz CT molecular complexity index is 643. The molecule has 7 heteroatoms. The van der Waals surface area contributed by atoms with Crippen LogP contribution in [0.2, 0.25) is 0 Å². The number of nitrogens with zero attached hydrogens (tertiary/aromatic N) is 5. The van der Waals surface area contributed by atoms with Crippen LogP contribution >= 0.6 is 0 Å². The van der Waals surface area contributed by atoms with Gasteiger partial charge in [-0.05, 0) is 19.1 Å². The van der Waals surface area contributed by atoms with Crippen LogP contribution in [0.1, 0.15) is 5.69 Å². The number of methoxy groups -OCH3 is 1.